The maximum atomic E-state index is 5.63. The lowest BCUT2D eigenvalue weighted by molar-refractivity contribution is 0.261. The zero-order valence-electron chi connectivity index (χ0n) is 11.2. The van der Waals surface area contributed by atoms with Crippen LogP contribution in [0.2, 0.25) is 0 Å². The van der Waals surface area contributed by atoms with Gasteiger partial charge in [0.2, 0.25) is 0 Å². The second-order valence-electron chi connectivity index (χ2n) is 4.43. The second kappa shape index (κ2) is 7.06. The van der Waals surface area contributed by atoms with Crippen molar-refractivity contribution in [1.29, 1.82) is 0 Å². The third-order valence-electron chi connectivity index (χ3n) is 2.54. The number of hydrogen-bond acceptors (Lipinski definition) is 6. The van der Waals surface area contributed by atoms with Gasteiger partial charge in [0, 0.05) is 17.6 Å². The summed E-state index contributed by atoms with van der Waals surface area (Å²) in [6.07, 6.45) is 0. The van der Waals surface area contributed by atoms with Crippen molar-refractivity contribution >= 4 is 17.2 Å². The highest BCUT2D eigenvalue weighted by Crippen LogP contribution is 2.16. The zero-order chi connectivity index (χ0) is 13.5. The lowest BCUT2D eigenvalue weighted by Gasteiger charge is -2.11. The van der Waals surface area contributed by atoms with E-state index in [1.54, 1.807) is 0 Å². The summed E-state index contributed by atoms with van der Waals surface area (Å²) in [5.74, 6) is 0.891. The van der Waals surface area contributed by atoms with E-state index in [1.807, 2.05) is 43.7 Å². The first-order valence-electron chi connectivity index (χ1n) is 6.11. The van der Waals surface area contributed by atoms with Crippen LogP contribution in [0.4, 0.5) is 5.69 Å². The van der Waals surface area contributed by atoms with E-state index in [1.165, 1.54) is 11.5 Å². The number of nitrogens with zero attached hydrogens (tertiary/aromatic N) is 3. The number of likely N-dealkylation sites (N-methyl/N-ethyl adjacent to an activating group) is 1. The van der Waals surface area contributed by atoms with Gasteiger partial charge in [-0.25, -0.2) is 0 Å². The molecule has 1 aromatic carbocycles. The molecule has 0 radical (unpaired) electrons. The minimum atomic E-state index is 0.692. The molecule has 0 saturated carbocycles. The molecule has 0 aliphatic rings. The van der Waals surface area contributed by atoms with Crippen molar-refractivity contribution in [2.75, 3.05) is 32.6 Å². The number of benzene rings is 1. The minimum absolute atomic E-state index is 0.692. The van der Waals surface area contributed by atoms with Crippen LogP contribution in [0.15, 0.2) is 29.6 Å². The molecule has 0 bridgehead atoms. The van der Waals surface area contributed by atoms with E-state index in [-0.39, 0.29) is 0 Å². The number of nitrogens with one attached hydrogen (secondary N) is 1. The summed E-state index contributed by atoms with van der Waals surface area (Å²) in [4.78, 5) is 2.10. The molecule has 2 rings (SSSR count). The molecule has 0 aliphatic carbocycles. The second-order valence-corrected chi connectivity index (χ2v) is 5.04. The van der Waals surface area contributed by atoms with E-state index in [2.05, 4.69) is 19.8 Å². The van der Waals surface area contributed by atoms with Crippen molar-refractivity contribution in [3.05, 3.63) is 35.3 Å². The SMILES string of the molecule is CN(C)CCOc1ccc(NCc2csnn2)cc1. The van der Waals surface area contributed by atoms with E-state index >= 15 is 0 Å². The third kappa shape index (κ3) is 4.84. The summed E-state index contributed by atoms with van der Waals surface area (Å²) < 4.78 is 9.46. The van der Waals surface area contributed by atoms with Gasteiger partial charge in [0.05, 0.1) is 12.2 Å². The van der Waals surface area contributed by atoms with Crippen LogP contribution < -0.4 is 10.1 Å². The molecule has 0 saturated heterocycles. The van der Waals surface area contributed by atoms with E-state index in [0.717, 1.165) is 23.7 Å². The molecule has 1 aromatic heterocycles. The molecule has 0 fully saturated rings. The fourth-order valence-electron chi connectivity index (χ4n) is 1.47. The number of ether oxygens (including phenoxy) is 1. The molecule has 6 heteroatoms. The van der Waals surface area contributed by atoms with E-state index < -0.39 is 0 Å². The first-order valence-corrected chi connectivity index (χ1v) is 6.95. The Kier molecular flexibility index (Phi) is 5.11. The van der Waals surface area contributed by atoms with E-state index in [9.17, 15) is 0 Å². The smallest absolute Gasteiger partial charge is 0.119 e. The molecule has 1 N–H and O–H groups in total. The molecule has 0 aliphatic heterocycles. The van der Waals surface area contributed by atoms with Crippen LogP contribution in [0.25, 0.3) is 0 Å². The number of aromatic nitrogens is 2. The lowest BCUT2D eigenvalue weighted by Crippen LogP contribution is -2.19. The molecular weight excluding hydrogens is 260 g/mol. The van der Waals surface area contributed by atoms with Crippen molar-refractivity contribution in [3.63, 3.8) is 0 Å². The molecule has 2 aromatic rings. The summed E-state index contributed by atoms with van der Waals surface area (Å²) in [7, 11) is 4.06. The molecule has 102 valence electrons. The van der Waals surface area contributed by atoms with Crippen LogP contribution in [0.3, 0.4) is 0 Å². The van der Waals surface area contributed by atoms with Crippen LogP contribution in [-0.2, 0) is 6.54 Å². The first-order chi connectivity index (χ1) is 9.24. The Morgan fingerprint density at radius 1 is 1.26 bits per heavy atom. The van der Waals surface area contributed by atoms with Crippen molar-refractivity contribution in [3.8, 4) is 5.75 Å². The van der Waals surface area contributed by atoms with Gasteiger partial charge in [-0.1, -0.05) is 4.49 Å². The average molecular weight is 278 g/mol. The normalized spacial score (nSPS) is 10.7. The summed E-state index contributed by atoms with van der Waals surface area (Å²) in [6.45, 7) is 2.30. The van der Waals surface area contributed by atoms with Gasteiger partial charge in [0.25, 0.3) is 0 Å². The van der Waals surface area contributed by atoms with Crippen molar-refractivity contribution in [1.82, 2.24) is 14.5 Å². The van der Waals surface area contributed by atoms with Crippen molar-refractivity contribution in [2.45, 2.75) is 6.54 Å². The third-order valence-corrected chi connectivity index (χ3v) is 3.09. The number of rotatable bonds is 7. The zero-order valence-corrected chi connectivity index (χ0v) is 12.0. The Hall–Kier alpha value is -1.66. The highest BCUT2D eigenvalue weighted by atomic mass is 32.1. The minimum Gasteiger partial charge on any atom is -0.492 e. The van der Waals surface area contributed by atoms with Crippen LogP contribution in [0, 0.1) is 0 Å². The molecule has 5 nitrogen and oxygen atoms in total. The van der Waals surface area contributed by atoms with Gasteiger partial charge in [0.1, 0.15) is 12.4 Å². The van der Waals surface area contributed by atoms with Crippen LogP contribution in [0.1, 0.15) is 5.69 Å². The van der Waals surface area contributed by atoms with Gasteiger partial charge in [-0.3, -0.25) is 0 Å². The Balaban J connectivity index is 1.77. The van der Waals surface area contributed by atoms with Gasteiger partial charge in [-0.05, 0) is 49.9 Å². The summed E-state index contributed by atoms with van der Waals surface area (Å²) in [5.41, 5.74) is 2.00. The fraction of sp³-hybridized carbons (Fsp3) is 0.385. The Bertz CT molecular complexity index is 470. The molecule has 0 amide bonds. The van der Waals surface area contributed by atoms with E-state index in [0.29, 0.717) is 13.2 Å². The van der Waals surface area contributed by atoms with Gasteiger partial charge in [0.15, 0.2) is 0 Å². The van der Waals surface area contributed by atoms with E-state index in [4.69, 9.17) is 4.74 Å². The summed E-state index contributed by atoms with van der Waals surface area (Å²) in [6, 6.07) is 7.95. The molecular formula is C13H18N4OS. The predicted octanol–water partition coefficient (Wildman–Crippen LogP) is 2.09. The lowest BCUT2D eigenvalue weighted by atomic mass is 10.3. The summed E-state index contributed by atoms with van der Waals surface area (Å²) in [5, 5.41) is 9.21. The molecule has 19 heavy (non-hydrogen) atoms. The largest absolute Gasteiger partial charge is 0.492 e. The van der Waals surface area contributed by atoms with Crippen LogP contribution in [0.5, 0.6) is 5.75 Å². The van der Waals surface area contributed by atoms with Crippen LogP contribution >= 0.6 is 11.5 Å². The topological polar surface area (TPSA) is 50.3 Å². The highest BCUT2D eigenvalue weighted by Gasteiger charge is 1.98. The fourth-order valence-corrected chi connectivity index (χ4v) is 1.92. The average Bonchev–Trinajstić information content (AvgIpc) is 2.90. The van der Waals surface area contributed by atoms with Gasteiger partial charge < -0.3 is 15.0 Å². The Morgan fingerprint density at radius 3 is 2.68 bits per heavy atom. The Morgan fingerprint density at radius 2 is 2.05 bits per heavy atom. The number of hydrogen-bond donors (Lipinski definition) is 1. The first kappa shape index (κ1) is 13.8. The molecule has 1 heterocycles. The predicted molar refractivity (Wildman–Crippen MR) is 77.7 cm³/mol. The van der Waals surface area contributed by atoms with Crippen molar-refractivity contribution < 1.29 is 4.74 Å². The maximum Gasteiger partial charge on any atom is 0.119 e. The summed E-state index contributed by atoms with van der Waals surface area (Å²) >= 11 is 1.36. The molecule has 0 unspecified atom stereocenters. The monoisotopic (exact) mass is 278 g/mol. The van der Waals surface area contributed by atoms with Crippen molar-refractivity contribution in [2.24, 2.45) is 0 Å². The Labute approximate surface area is 117 Å². The quantitative estimate of drug-likeness (QED) is 0.840. The maximum absolute atomic E-state index is 5.63. The highest BCUT2D eigenvalue weighted by molar-refractivity contribution is 7.03. The molecule has 0 atom stereocenters. The van der Waals surface area contributed by atoms with Gasteiger partial charge in [-0.15, -0.1) is 5.10 Å². The van der Waals surface area contributed by atoms with Crippen LogP contribution in [-0.4, -0.2) is 41.7 Å². The standard InChI is InChI=1S/C13H18N4OS/c1-17(2)7-8-18-13-5-3-11(4-6-13)14-9-12-10-19-16-15-12/h3-6,10,14H,7-9H2,1-2H3. The number of anilines is 1. The van der Waals surface area contributed by atoms with Gasteiger partial charge in [-0.2, -0.15) is 0 Å². The van der Waals surface area contributed by atoms with Gasteiger partial charge >= 0.3 is 0 Å². The molecule has 0 spiro atoms.